The topological polar surface area (TPSA) is 38.7 Å². The Bertz CT molecular complexity index is 604. The van der Waals surface area contributed by atoms with E-state index >= 15 is 0 Å². The molecule has 0 aliphatic heterocycles. The lowest BCUT2D eigenvalue weighted by molar-refractivity contribution is 0.198. The zero-order valence-corrected chi connectivity index (χ0v) is 14.3. The van der Waals surface area contributed by atoms with Gasteiger partial charge in [0.05, 0.1) is 20.3 Å². The minimum atomic E-state index is -0.632. The number of halogens is 1. The third-order valence-corrected chi connectivity index (χ3v) is 5.13. The van der Waals surface area contributed by atoms with Crippen LogP contribution in [0.5, 0.6) is 11.5 Å². The third kappa shape index (κ3) is 4.15. The fourth-order valence-corrected chi connectivity index (χ4v) is 3.45. The summed E-state index contributed by atoms with van der Waals surface area (Å²) in [6.07, 6.45) is -0.632. The number of hydrogen-bond acceptors (Lipinski definition) is 4. The minimum absolute atomic E-state index is 0.534. The molecule has 2 aromatic rings. The molecule has 5 heteroatoms. The monoisotopic (exact) mass is 368 g/mol. The molecule has 1 unspecified atom stereocenters. The van der Waals surface area contributed by atoms with Crippen LogP contribution in [0.1, 0.15) is 11.7 Å². The standard InChI is InChI=1S/C16H17BrO3S/c1-19-11-7-8-15(20-2)12(9-11)14(18)10-21-16-6-4-3-5-13(16)17/h3-9,14,18H,10H2,1-2H3. The van der Waals surface area contributed by atoms with Gasteiger partial charge >= 0.3 is 0 Å². The van der Waals surface area contributed by atoms with E-state index in [-0.39, 0.29) is 0 Å². The number of aliphatic hydroxyl groups is 1. The highest BCUT2D eigenvalue weighted by Gasteiger charge is 2.15. The van der Waals surface area contributed by atoms with Gasteiger partial charge in [-0.1, -0.05) is 12.1 Å². The largest absolute Gasteiger partial charge is 0.497 e. The Labute approximate surface area is 137 Å². The van der Waals surface area contributed by atoms with E-state index in [1.54, 1.807) is 32.0 Å². The van der Waals surface area contributed by atoms with E-state index in [9.17, 15) is 5.11 Å². The van der Waals surface area contributed by atoms with Crippen molar-refractivity contribution in [2.45, 2.75) is 11.0 Å². The molecule has 2 rings (SSSR count). The molecule has 112 valence electrons. The summed E-state index contributed by atoms with van der Waals surface area (Å²) in [6, 6.07) is 13.4. The van der Waals surface area contributed by atoms with Gasteiger partial charge in [-0.05, 0) is 46.3 Å². The number of hydrogen-bond donors (Lipinski definition) is 1. The number of aliphatic hydroxyl groups excluding tert-OH is 1. The van der Waals surface area contributed by atoms with E-state index in [0.717, 1.165) is 14.9 Å². The maximum Gasteiger partial charge on any atom is 0.124 e. The lowest BCUT2D eigenvalue weighted by Gasteiger charge is -2.16. The number of thioether (sulfide) groups is 1. The molecule has 2 aromatic carbocycles. The summed E-state index contributed by atoms with van der Waals surface area (Å²) in [5, 5.41) is 10.4. The molecule has 0 aliphatic rings. The molecule has 0 bridgehead atoms. The van der Waals surface area contributed by atoms with Crippen molar-refractivity contribution >= 4 is 27.7 Å². The molecule has 0 amide bonds. The average Bonchev–Trinajstić information content (AvgIpc) is 2.53. The molecule has 0 fully saturated rings. The van der Waals surface area contributed by atoms with Crippen molar-refractivity contribution in [2.24, 2.45) is 0 Å². The number of benzene rings is 2. The van der Waals surface area contributed by atoms with Crippen LogP contribution in [-0.2, 0) is 0 Å². The maximum absolute atomic E-state index is 10.4. The van der Waals surface area contributed by atoms with Crippen LogP contribution in [0.15, 0.2) is 51.8 Å². The predicted octanol–water partition coefficient (Wildman–Crippen LogP) is 4.29. The van der Waals surface area contributed by atoms with Crippen LogP contribution in [0.2, 0.25) is 0 Å². The first-order valence-electron chi connectivity index (χ1n) is 6.43. The van der Waals surface area contributed by atoms with Gasteiger partial charge in [0.25, 0.3) is 0 Å². The predicted molar refractivity (Wildman–Crippen MR) is 89.4 cm³/mol. The van der Waals surface area contributed by atoms with Gasteiger partial charge in [-0.2, -0.15) is 0 Å². The van der Waals surface area contributed by atoms with Gasteiger partial charge < -0.3 is 14.6 Å². The van der Waals surface area contributed by atoms with Gasteiger partial charge in [0.15, 0.2) is 0 Å². The molecule has 1 atom stereocenters. The van der Waals surface area contributed by atoms with Crippen molar-refractivity contribution in [3.05, 3.63) is 52.5 Å². The molecule has 0 saturated carbocycles. The van der Waals surface area contributed by atoms with Crippen LogP contribution in [0.4, 0.5) is 0 Å². The fourth-order valence-electron chi connectivity index (χ4n) is 1.92. The van der Waals surface area contributed by atoms with Gasteiger partial charge in [-0.25, -0.2) is 0 Å². The molecular weight excluding hydrogens is 352 g/mol. The first-order chi connectivity index (χ1) is 10.2. The van der Waals surface area contributed by atoms with Crippen LogP contribution < -0.4 is 9.47 Å². The second-order valence-corrected chi connectivity index (χ2v) is 6.28. The van der Waals surface area contributed by atoms with E-state index in [2.05, 4.69) is 15.9 Å². The molecule has 0 aromatic heterocycles. The molecule has 0 radical (unpaired) electrons. The molecule has 1 N–H and O–H groups in total. The smallest absolute Gasteiger partial charge is 0.124 e. The summed E-state index contributed by atoms with van der Waals surface area (Å²) in [7, 11) is 3.20. The van der Waals surface area contributed by atoms with Crippen LogP contribution in [-0.4, -0.2) is 25.1 Å². The second kappa shape index (κ2) is 7.73. The first kappa shape index (κ1) is 16.2. The lowest BCUT2D eigenvalue weighted by atomic mass is 10.1. The Balaban J connectivity index is 2.13. The Morgan fingerprint density at radius 3 is 2.57 bits per heavy atom. The van der Waals surface area contributed by atoms with Crippen molar-refractivity contribution in [2.75, 3.05) is 20.0 Å². The highest BCUT2D eigenvalue weighted by molar-refractivity contribution is 9.10. The molecule has 0 spiro atoms. The van der Waals surface area contributed by atoms with Crippen molar-refractivity contribution in [3.63, 3.8) is 0 Å². The minimum Gasteiger partial charge on any atom is -0.497 e. The Hall–Kier alpha value is -1.17. The van der Waals surface area contributed by atoms with Gasteiger partial charge in [0.1, 0.15) is 11.5 Å². The maximum atomic E-state index is 10.4. The molecular formula is C16H17BrO3S. The van der Waals surface area contributed by atoms with E-state index < -0.39 is 6.10 Å². The van der Waals surface area contributed by atoms with E-state index in [0.29, 0.717) is 17.3 Å². The summed E-state index contributed by atoms with van der Waals surface area (Å²) in [5.41, 5.74) is 0.733. The van der Waals surface area contributed by atoms with Gasteiger partial charge in [-0.3, -0.25) is 0 Å². The number of methoxy groups -OCH3 is 2. The average molecular weight is 369 g/mol. The van der Waals surface area contributed by atoms with E-state index in [4.69, 9.17) is 9.47 Å². The van der Waals surface area contributed by atoms with Crippen molar-refractivity contribution in [1.82, 2.24) is 0 Å². The normalized spacial score (nSPS) is 12.0. The third-order valence-electron chi connectivity index (χ3n) is 3.03. The van der Waals surface area contributed by atoms with Gasteiger partial charge in [0.2, 0.25) is 0 Å². The SMILES string of the molecule is COc1ccc(OC)c(C(O)CSc2ccccc2Br)c1. The molecule has 0 aliphatic carbocycles. The summed E-state index contributed by atoms with van der Waals surface area (Å²) in [5.74, 6) is 1.90. The van der Waals surface area contributed by atoms with Crippen LogP contribution in [0.3, 0.4) is 0 Å². The summed E-state index contributed by atoms with van der Waals surface area (Å²) in [6.45, 7) is 0. The second-order valence-electron chi connectivity index (χ2n) is 4.37. The fraction of sp³-hybridized carbons (Fsp3) is 0.250. The first-order valence-corrected chi connectivity index (χ1v) is 8.21. The summed E-state index contributed by atoms with van der Waals surface area (Å²) < 4.78 is 11.5. The van der Waals surface area contributed by atoms with Crippen LogP contribution in [0, 0.1) is 0 Å². The summed E-state index contributed by atoms with van der Waals surface area (Å²) >= 11 is 5.10. The van der Waals surface area contributed by atoms with Crippen LogP contribution >= 0.6 is 27.7 Å². The Kier molecular flexibility index (Phi) is 5.96. The Morgan fingerprint density at radius 1 is 1.14 bits per heavy atom. The number of ether oxygens (including phenoxy) is 2. The molecule has 0 saturated heterocycles. The molecule has 0 heterocycles. The van der Waals surface area contributed by atoms with Gasteiger partial charge in [-0.15, -0.1) is 11.8 Å². The van der Waals surface area contributed by atoms with E-state index in [1.165, 1.54) is 0 Å². The highest BCUT2D eigenvalue weighted by atomic mass is 79.9. The molecule has 21 heavy (non-hydrogen) atoms. The number of rotatable bonds is 6. The highest BCUT2D eigenvalue weighted by Crippen LogP contribution is 2.34. The zero-order chi connectivity index (χ0) is 15.2. The summed E-state index contributed by atoms with van der Waals surface area (Å²) in [4.78, 5) is 1.10. The van der Waals surface area contributed by atoms with E-state index in [1.807, 2.05) is 36.4 Å². The quantitative estimate of drug-likeness (QED) is 0.771. The van der Waals surface area contributed by atoms with Crippen molar-refractivity contribution < 1.29 is 14.6 Å². The zero-order valence-electron chi connectivity index (χ0n) is 11.9. The van der Waals surface area contributed by atoms with Gasteiger partial charge in [0, 0.05) is 20.7 Å². The van der Waals surface area contributed by atoms with Crippen LogP contribution in [0.25, 0.3) is 0 Å². The Morgan fingerprint density at radius 2 is 1.90 bits per heavy atom. The lowest BCUT2D eigenvalue weighted by Crippen LogP contribution is -2.04. The molecule has 3 nitrogen and oxygen atoms in total. The van der Waals surface area contributed by atoms with Crippen molar-refractivity contribution in [1.29, 1.82) is 0 Å². The van der Waals surface area contributed by atoms with Crippen molar-refractivity contribution in [3.8, 4) is 11.5 Å².